The minimum absolute atomic E-state index is 0.0256. The number of carbonyl (C=O) groups excluding carboxylic acids is 2. The number of hydrogen-bond acceptors (Lipinski definition) is 3. The number of amides is 1. The molecule has 0 fully saturated rings. The molecule has 0 spiro atoms. The highest BCUT2D eigenvalue weighted by atomic mass is 16.5. The van der Waals surface area contributed by atoms with E-state index in [4.69, 9.17) is 4.74 Å². The Balaban J connectivity index is 1.92. The molecule has 0 aromatic heterocycles. The molecule has 4 nitrogen and oxygen atoms in total. The van der Waals surface area contributed by atoms with E-state index in [0.29, 0.717) is 17.7 Å². The summed E-state index contributed by atoms with van der Waals surface area (Å²) in [6.45, 7) is 0. The number of ether oxygens (including phenoxy) is 1. The number of benzene rings is 2. The molecule has 2 aromatic rings. The molecule has 4 heteroatoms. The van der Waals surface area contributed by atoms with Gasteiger partial charge in [-0.3, -0.25) is 9.59 Å². The fourth-order valence-electron chi connectivity index (χ4n) is 2.67. The zero-order chi connectivity index (χ0) is 16.2. The third kappa shape index (κ3) is 3.16. The second-order valence-corrected chi connectivity index (χ2v) is 5.35. The topological polar surface area (TPSA) is 46.6 Å². The first-order valence-electron chi connectivity index (χ1n) is 7.42. The molecule has 1 unspecified atom stereocenters. The van der Waals surface area contributed by atoms with Crippen molar-refractivity contribution in [3.8, 4) is 5.75 Å². The molecule has 1 aliphatic heterocycles. The van der Waals surface area contributed by atoms with Crippen molar-refractivity contribution in [2.75, 3.05) is 7.11 Å². The average molecular weight is 307 g/mol. The highest BCUT2D eigenvalue weighted by molar-refractivity contribution is 5.98. The van der Waals surface area contributed by atoms with Crippen molar-refractivity contribution in [3.05, 3.63) is 78.0 Å². The van der Waals surface area contributed by atoms with Crippen LogP contribution in [0.15, 0.2) is 66.9 Å². The lowest BCUT2D eigenvalue weighted by atomic mass is 9.96. The molecule has 2 aromatic carbocycles. The van der Waals surface area contributed by atoms with Gasteiger partial charge >= 0.3 is 0 Å². The van der Waals surface area contributed by atoms with Gasteiger partial charge in [0.25, 0.3) is 5.91 Å². The standard InChI is InChI=1S/C19H17NO3/c1-23-17-9-7-15(8-10-17)19(22)20-12-11-16(21)13-18(20)14-5-3-2-4-6-14/h2-12,18H,13H2,1H3. The van der Waals surface area contributed by atoms with Crippen LogP contribution >= 0.6 is 0 Å². The Morgan fingerprint density at radius 1 is 1.09 bits per heavy atom. The van der Waals surface area contributed by atoms with Gasteiger partial charge in [-0.15, -0.1) is 0 Å². The SMILES string of the molecule is COc1ccc(C(=O)N2C=CC(=O)CC2c2ccccc2)cc1. The molecule has 1 amide bonds. The molecule has 0 N–H and O–H groups in total. The molecule has 1 heterocycles. The Morgan fingerprint density at radius 2 is 1.78 bits per heavy atom. The summed E-state index contributed by atoms with van der Waals surface area (Å²) in [4.78, 5) is 26.2. The molecule has 0 aliphatic carbocycles. The molecule has 0 radical (unpaired) electrons. The van der Waals surface area contributed by atoms with Crippen LogP contribution in [0.3, 0.4) is 0 Å². The van der Waals surface area contributed by atoms with E-state index in [1.807, 2.05) is 30.3 Å². The van der Waals surface area contributed by atoms with Gasteiger partial charge < -0.3 is 9.64 Å². The Bertz CT molecular complexity index is 735. The lowest BCUT2D eigenvalue weighted by Crippen LogP contribution is -2.34. The van der Waals surface area contributed by atoms with Crippen LogP contribution in [0.2, 0.25) is 0 Å². The van der Waals surface area contributed by atoms with Crippen molar-refractivity contribution in [2.45, 2.75) is 12.5 Å². The van der Waals surface area contributed by atoms with Crippen LogP contribution in [0, 0.1) is 0 Å². The molecule has 0 saturated heterocycles. The van der Waals surface area contributed by atoms with Crippen LogP contribution < -0.4 is 4.74 Å². The quantitative estimate of drug-likeness (QED) is 0.873. The van der Waals surface area contributed by atoms with Crippen molar-refractivity contribution in [1.29, 1.82) is 0 Å². The Hall–Kier alpha value is -2.88. The van der Waals surface area contributed by atoms with Crippen LogP contribution in [0.25, 0.3) is 0 Å². The maximum atomic E-state index is 12.8. The van der Waals surface area contributed by atoms with E-state index in [9.17, 15) is 9.59 Å². The van der Waals surface area contributed by atoms with E-state index in [1.54, 1.807) is 42.5 Å². The van der Waals surface area contributed by atoms with Crippen molar-refractivity contribution in [1.82, 2.24) is 4.90 Å². The number of hydrogen-bond donors (Lipinski definition) is 0. The predicted octanol–water partition coefficient (Wildman–Crippen LogP) is 3.37. The van der Waals surface area contributed by atoms with Crippen molar-refractivity contribution in [3.63, 3.8) is 0 Å². The van der Waals surface area contributed by atoms with Crippen LogP contribution in [-0.2, 0) is 4.79 Å². The molecule has 23 heavy (non-hydrogen) atoms. The number of methoxy groups -OCH3 is 1. The summed E-state index contributed by atoms with van der Waals surface area (Å²) >= 11 is 0. The first-order chi connectivity index (χ1) is 11.2. The molecular weight excluding hydrogens is 290 g/mol. The van der Waals surface area contributed by atoms with Gasteiger partial charge in [0.15, 0.2) is 5.78 Å². The zero-order valence-corrected chi connectivity index (χ0v) is 12.8. The molecule has 1 atom stereocenters. The Kier molecular flexibility index (Phi) is 4.24. The minimum Gasteiger partial charge on any atom is -0.497 e. The number of rotatable bonds is 3. The normalized spacial score (nSPS) is 17.2. The van der Waals surface area contributed by atoms with Crippen molar-refractivity contribution in [2.24, 2.45) is 0 Å². The summed E-state index contributed by atoms with van der Waals surface area (Å²) in [7, 11) is 1.58. The molecule has 0 bridgehead atoms. The maximum absolute atomic E-state index is 12.8. The summed E-state index contributed by atoms with van der Waals surface area (Å²) in [6, 6.07) is 16.3. The summed E-state index contributed by atoms with van der Waals surface area (Å²) in [6.07, 6.45) is 3.33. The third-order valence-electron chi connectivity index (χ3n) is 3.91. The van der Waals surface area contributed by atoms with Gasteiger partial charge in [-0.25, -0.2) is 0 Å². The highest BCUT2D eigenvalue weighted by Crippen LogP contribution is 2.30. The van der Waals surface area contributed by atoms with E-state index >= 15 is 0 Å². The Morgan fingerprint density at radius 3 is 2.43 bits per heavy atom. The fourth-order valence-corrected chi connectivity index (χ4v) is 2.67. The van der Waals surface area contributed by atoms with Gasteiger partial charge in [-0.2, -0.15) is 0 Å². The number of allylic oxidation sites excluding steroid dienone is 1. The lowest BCUT2D eigenvalue weighted by molar-refractivity contribution is -0.116. The largest absolute Gasteiger partial charge is 0.497 e. The maximum Gasteiger partial charge on any atom is 0.258 e. The number of ketones is 1. The molecule has 0 saturated carbocycles. The second kappa shape index (κ2) is 6.48. The first-order valence-corrected chi connectivity index (χ1v) is 7.42. The van der Waals surface area contributed by atoms with Gasteiger partial charge in [0, 0.05) is 18.2 Å². The fraction of sp³-hybridized carbons (Fsp3) is 0.158. The van der Waals surface area contributed by atoms with Crippen molar-refractivity contribution >= 4 is 11.7 Å². The second-order valence-electron chi connectivity index (χ2n) is 5.35. The monoisotopic (exact) mass is 307 g/mol. The van der Waals surface area contributed by atoms with Crippen LogP contribution in [0.4, 0.5) is 0 Å². The van der Waals surface area contributed by atoms with Gasteiger partial charge in [0.1, 0.15) is 5.75 Å². The Labute approximate surface area is 135 Å². The lowest BCUT2D eigenvalue weighted by Gasteiger charge is -2.31. The average Bonchev–Trinajstić information content (AvgIpc) is 2.62. The van der Waals surface area contributed by atoms with E-state index in [1.165, 1.54) is 6.08 Å². The number of nitrogens with zero attached hydrogens (tertiary/aromatic N) is 1. The molecule has 1 aliphatic rings. The van der Waals surface area contributed by atoms with E-state index in [-0.39, 0.29) is 17.7 Å². The summed E-state index contributed by atoms with van der Waals surface area (Å²) in [5.41, 5.74) is 1.51. The summed E-state index contributed by atoms with van der Waals surface area (Å²) in [5, 5.41) is 0. The van der Waals surface area contributed by atoms with E-state index in [2.05, 4.69) is 0 Å². The minimum atomic E-state index is -0.275. The molecule has 3 rings (SSSR count). The van der Waals surface area contributed by atoms with Gasteiger partial charge in [-0.05, 0) is 35.9 Å². The predicted molar refractivity (Wildman–Crippen MR) is 87.1 cm³/mol. The highest BCUT2D eigenvalue weighted by Gasteiger charge is 2.29. The van der Waals surface area contributed by atoms with E-state index < -0.39 is 0 Å². The number of carbonyl (C=O) groups is 2. The zero-order valence-electron chi connectivity index (χ0n) is 12.8. The molecular formula is C19H17NO3. The van der Waals surface area contributed by atoms with E-state index in [0.717, 1.165) is 5.56 Å². The summed E-state index contributed by atoms with van der Waals surface area (Å²) < 4.78 is 5.12. The van der Waals surface area contributed by atoms with Crippen LogP contribution in [0.5, 0.6) is 5.75 Å². The van der Waals surface area contributed by atoms with Crippen LogP contribution in [0.1, 0.15) is 28.4 Å². The van der Waals surface area contributed by atoms with Gasteiger partial charge in [0.2, 0.25) is 0 Å². The smallest absolute Gasteiger partial charge is 0.258 e. The first kappa shape index (κ1) is 15.0. The van der Waals surface area contributed by atoms with Crippen LogP contribution in [-0.4, -0.2) is 23.7 Å². The third-order valence-corrected chi connectivity index (χ3v) is 3.91. The van der Waals surface area contributed by atoms with Gasteiger partial charge in [-0.1, -0.05) is 30.3 Å². The van der Waals surface area contributed by atoms with Gasteiger partial charge in [0.05, 0.1) is 13.2 Å². The molecule has 116 valence electrons. The van der Waals surface area contributed by atoms with Crippen molar-refractivity contribution < 1.29 is 14.3 Å². The summed E-state index contributed by atoms with van der Waals surface area (Å²) in [5.74, 6) is 0.591.